The van der Waals surface area contributed by atoms with Gasteiger partial charge < -0.3 is 10.5 Å². The Balaban J connectivity index is 2.48. The van der Waals surface area contributed by atoms with Gasteiger partial charge in [-0.1, -0.05) is 13.3 Å². The minimum atomic E-state index is 0.353. The number of rotatable bonds is 5. The number of ether oxygens (including phenoxy) is 1. The van der Waals surface area contributed by atoms with E-state index in [2.05, 4.69) is 13.8 Å². The second-order valence-electron chi connectivity index (χ2n) is 5.31. The van der Waals surface area contributed by atoms with Crippen molar-refractivity contribution in [2.75, 3.05) is 13.7 Å². The summed E-state index contributed by atoms with van der Waals surface area (Å²) >= 11 is 0. The highest BCUT2D eigenvalue weighted by Crippen LogP contribution is 2.42. The van der Waals surface area contributed by atoms with Gasteiger partial charge in [-0.3, -0.25) is 0 Å². The molecule has 1 atom stereocenters. The van der Waals surface area contributed by atoms with Crippen LogP contribution in [0, 0.1) is 11.3 Å². The molecule has 0 aromatic heterocycles. The quantitative estimate of drug-likeness (QED) is 0.762. The van der Waals surface area contributed by atoms with E-state index in [1.54, 1.807) is 7.11 Å². The van der Waals surface area contributed by atoms with Gasteiger partial charge in [0.25, 0.3) is 0 Å². The zero-order chi connectivity index (χ0) is 11.3. The Hall–Kier alpha value is -0.0800. The third kappa shape index (κ3) is 3.46. The highest BCUT2D eigenvalue weighted by molar-refractivity contribution is 4.87. The molecular formula is C13H27NO. The molecule has 0 saturated heterocycles. The van der Waals surface area contributed by atoms with Crippen molar-refractivity contribution in [3.63, 3.8) is 0 Å². The van der Waals surface area contributed by atoms with Crippen molar-refractivity contribution >= 4 is 0 Å². The van der Waals surface area contributed by atoms with Crippen LogP contribution in [0.1, 0.15) is 52.4 Å². The van der Waals surface area contributed by atoms with Crippen LogP contribution in [0.4, 0.5) is 0 Å². The van der Waals surface area contributed by atoms with E-state index in [4.69, 9.17) is 10.5 Å². The third-order valence-electron chi connectivity index (χ3n) is 4.30. The maximum Gasteiger partial charge on any atom is 0.0549 e. The summed E-state index contributed by atoms with van der Waals surface area (Å²) < 4.78 is 5.38. The number of nitrogens with two attached hydrogens (primary N) is 1. The average molecular weight is 213 g/mol. The lowest BCUT2D eigenvalue weighted by Crippen LogP contribution is -2.37. The molecule has 0 aromatic rings. The fourth-order valence-corrected chi connectivity index (χ4v) is 2.88. The normalized spacial score (nSPS) is 34.0. The molecule has 2 nitrogen and oxygen atoms in total. The Morgan fingerprint density at radius 3 is 2.40 bits per heavy atom. The van der Waals surface area contributed by atoms with Gasteiger partial charge in [-0.25, -0.2) is 0 Å². The van der Waals surface area contributed by atoms with E-state index in [0.29, 0.717) is 11.5 Å². The smallest absolute Gasteiger partial charge is 0.0549 e. The van der Waals surface area contributed by atoms with Crippen molar-refractivity contribution in [2.45, 2.75) is 58.5 Å². The van der Waals surface area contributed by atoms with Crippen LogP contribution in [-0.4, -0.2) is 19.8 Å². The standard InChI is InChI=1S/C13H27NO/c1-4-12-5-7-13(10-14,8-6-12)9-11(2)15-3/h11-12H,4-10,14H2,1-3H3. The van der Waals surface area contributed by atoms with Gasteiger partial charge in [-0.15, -0.1) is 0 Å². The van der Waals surface area contributed by atoms with E-state index in [-0.39, 0.29) is 0 Å². The molecule has 1 fully saturated rings. The van der Waals surface area contributed by atoms with Crippen LogP contribution < -0.4 is 5.73 Å². The van der Waals surface area contributed by atoms with E-state index < -0.39 is 0 Å². The summed E-state index contributed by atoms with van der Waals surface area (Å²) in [6, 6.07) is 0. The monoisotopic (exact) mass is 213 g/mol. The summed E-state index contributed by atoms with van der Waals surface area (Å²) in [7, 11) is 1.80. The summed E-state index contributed by atoms with van der Waals surface area (Å²) in [5, 5.41) is 0. The summed E-state index contributed by atoms with van der Waals surface area (Å²) in [5.74, 6) is 0.947. The first-order valence-corrected chi connectivity index (χ1v) is 6.38. The van der Waals surface area contributed by atoms with Crippen molar-refractivity contribution in [1.82, 2.24) is 0 Å². The van der Waals surface area contributed by atoms with Crippen LogP contribution in [-0.2, 0) is 4.74 Å². The van der Waals surface area contributed by atoms with Gasteiger partial charge in [-0.05, 0) is 56.9 Å². The fraction of sp³-hybridized carbons (Fsp3) is 1.00. The molecule has 0 aliphatic heterocycles. The van der Waals surface area contributed by atoms with Gasteiger partial charge in [0.2, 0.25) is 0 Å². The molecule has 1 rings (SSSR count). The molecule has 1 saturated carbocycles. The predicted molar refractivity (Wildman–Crippen MR) is 64.8 cm³/mol. The van der Waals surface area contributed by atoms with Crippen molar-refractivity contribution in [3.8, 4) is 0 Å². The van der Waals surface area contributed by atoms with E-state index in [0.717, 1.165) is 18.9 Å². The van der Waals surface area contributed by atoms with Crippen molar-refractivity contribution < 1.29 is 4.74 Å². The lowest BCUT2D eigenvalue weighted by atomic mass is 9.67. The van der Waals surface area contributed by atoms with Crippen LogP contribution >= 0.6 is 0 Å². The molecule has 0 bridgehead atoms. The first-order chi connectivity index (χ1) is 7.15. The molecule has 1 aliphatic carbocycles. The Labute approximate surface area is 94.6 Å². The Morgan fingerprint density at radius 2 is 2.00 bits per heavy atom. The molecule has 1 aliphatic rings. The van der Waals surface area contributed by atoms with Crippen molar-refractivity contribution in [1.29, 1.82) is 0 Å². The van der Waals surface area contributed by atoms with Crippen molar-refractivity contribution in [2.24, 2.45) is 17.1 Å². The number of hydrogen-bond donors (Lipinski definition) is 1. The molecule has 0 spiro atoms. The van der Waals surface area contributed by atoms with Crippen molar-refractivity contribution in [3.05, 3.63) is 0 Å². The largest absolute Gasteiger partial charge is 0.382 e. The highest BCUT2D eigenvalue weighted by atomic mass is 16.5. The fourth-order valence-electron chi connectivity index (χ4n) is 2.88. The third-order valence-corrected chi connectivity index (χ3v) is 4.30. The molecule has 0 radical (unpaired) electrons. The molecule has 90 valence electrons. The summed E-state index contributed by atoms with van der Waals surface area (Å²) in [6.45, 7) is 5.29. The van der Waals surface area contributed by atoms with E-state index >= 15 is 0 Å². The van der Waals surface area contributed by atoms with Gasteiger partial charge in [-0.2, -0.15) is 0 Å². The SMILES string of the molecule is CCC1CCC(CN)(CC(C)OC)CC1. The Morgan fingerprint density at radius 1 is 1.40 bits per heavy atom. The van der Waals surface area contributed by atoms with E-state index in [9.17, 15) is 0 Å². The van der Waals surface area contributed by atoms with Gasteiger partial charge in [0.15, 0.2) is 0 Å². The lowest BCUT2D eigenvalue weighted by Gasteiger charge is -2.40. The second-order valence-corrected chi connectivity index (χ2v) is 5.31. The van der Waals surface area contributed by atoms with Crippen LogP contribution in [0.5, 0.6) is 0 Å². The van der Waals surface area contributed by atoms with Gasteiger partial charge in [0.05, 0.1) is 6.10 Å². The van der Waals surface area contributed by atoms with Gasteiger partial charge in [0.1, 0.15) is 0 Å². The molecule has 1 unspecified atom stereocenters. The number of methoxy groups -OCH3 is 1. The van der Waals surface area contributed by atoms with Crippen LogP contribution in [0.15, 0.2) is 0 Å². The minimum absolute atomic E-state index is 0.353. The molecular weight excluding hydrogens is 186 g/mol. The molecule has 0 heterocycles. The first-order valence-electron chi connectivity index (χ1n) is 6.38. The van der Waals surface area contributed by atoms with Crippen LogP contribution in [0.3, 0.4) is 0 Å². The maximum atomic E-state index is 5.97. The van der Waals surface area contributed by atoms with Gasteiger partial charge >= 0.3 is 0 Å². The molecule has 0 amide bonds. The minimum Gasteiger partial charge on any atom is -0.382 e. The highest BCUT2D eigenvalue weighted by Gasteiger charge is 2.34. The Bertz CT molecular complexity index is 173. The lowest BCUT2D eigenvalue weighted by molar-refractivity contribution is 0.0404. The molecule has 2 N–H and O–H groups in total. The number of hydrogen-bond acceptors (Lipinski definition) is 2. The zero-order valence-electron chi connectivity index (χ0n) is 10.6. The van der Waals surface area contributed by atoms with E-state index in [1.807, 2.05) is 0 Å². The maximum absolute atomic E-state index is 5.97. The van der Waals surface area contributed by atoms with E-state index in [1.165, 1.54) is 32.1 Å². The first kappa shape index (κ1) is 13.0. The summed E-state index contributed by atoms with van der Waals surface area (Å²) in [4.78, 5) is 0. The van der Waals surface area contributed by atoms with Crippen LogP contribution in [0.2, 0.25) is 0 Å². The average Bonchev–Trinajstić information content (AvgIpc) is 2.30. The topological polar surface area (TPSA) is 35.2 Å². The zero-order valence-corrected chi connectivity index (χ0v) is 10.6. The second kappa shape index (κ2) is 5.86. The summed E-state index contributed by atoms with van der Waals surface area (Å²) in [6.07, 6.45) is 8.16. The molecule has 2 heteroatoms. The molecule has 15 heavy (non-hydrogen) atoms. The molecule has 0 aromatic carbocycles. The van der Waals surface area contributed by atoms with Gasteiger partial charge in [0, 0.05) is 7.11 Å². The van der Waals surface area contributed by atoms with Crippen LogP contribution in [0.25, 0.3) is 0 Å². The summed E-state index contributed by atoms with van der Waals surface area (Å²) in [5.41, 5.74) is 6.35. The Kier molecular flexibility index (Phi) is 5.07. The predicted octanol–water partition coefficient (Wildman–Crippen LogP) is 2.96.